The van der Waals surface area contributed by atoms with Crippen molar-refractivity contribution in [2.45, 2.75) is 39.0 Å². The molecule has 0 saturated heterocycles. The van der Waals surface area contributed by atoms with Crippen LogP contribution >= 0.6 is 0 Å². The van der Waals surface area contributed by atoms with E-state index in [1.165, 1.54) is 5.56 Å². The van der Waals surface area contributed by atoms with E-state index in [4.69, 9.17) is 0 Å². The first-order chi connectivity index (χ1) is 9.57. The molecule has 0 aliphatic heterocycles. The van der Waals surface area contributed by atoms with Gasteiger partial charge in [-0.05, 0) is 23.6 Å². The number of aromatic nitrogens is 2. The molecule has 0 bridgehead atoms. The number of benzene rings is 1. The van der Waals surface area contributed by atoms with Crippen LogP contribution in [0.5, 0.6) is 0 Å². The van der Waals surface area contributed by atoms with Gasteiger partial charge in [0.2, 0.25) is 0 Å². The van der Waals surface area contributed by atoms with Crippen LogP contribution < -0.4 is 5.32 Å². The van der Waals surface area contributed by atoms with Crippen LogP contribution in [0.4, 0.5) is 0 Å². The lowest BCUT2D eigenvalue weighted by Gasteiger charge is -2.49. The third-order valence-electron chi connectivity index (χ3n) is 4.53. The SMILES string of the molecule is CC1(C)C(O)CC1NCc1ccc(-c2ccn[nH]2)cc1. The Hall–Kier alpha value is -1.65. The summed E-state index contributed by atoms with van der Waals surface area (Å²) in [5.74, 6) is 0. The van der Waals surface area contributed by atoms with Gasteiger partial charge in [0.1, 0.15) is 0 Å². The van der Waals surface area contributed by atoms with Gasteiger partial charge in [-0.25, -0.2) is 0 Å². The molecule has 2 atom stereocenters. The topological polar surface area (TPSA) is 60.9 Å². The lowest BCUT2D eigenvalue weighted by Crippen LogP contribution is -2.59. The zero-order valence-electron chi connectivity index (χ0n) is 11.9. The summed E-state index contributed by atoms with van der Waals surface area (Å²) in [6.07, 6.45) is 2.43. The van der Waals surface area contributed by atoms with Gasteiger partial charge in [0.25, 0.3) is 0 Å². The maximum atomic E-state index is 9.74. The highest BCUT2D eigenvalue weighted by Gasteiger charge is 2.46. The lowest BCUT2D eigenvalue weighted by atomic mass is 9.64. The van der Waals surface area contributed by atoms with E-state index < -0.39 is 0 Å². The molecule has 106 valence electrons. The van der Waals surface area contributed by atoms with E-state index in [1.54, 1.807) is 6.20 Å². The highest BCUT2D eigenvalue weighted by Crippen LogP contribution is 2.40. The number of hydrogen-bond donors (Lipinski definition) is 3. The molecule has 0 amide bonds. The Bertz CT molecular complexity index is 560. The summed E-state index contributed by atoms with van der Waals surface area (Å²) in [6.45, 7) is 5.06. The Morgan fingerprint density at radius 1 is 1.30 bits per heavy atom. The van der Waals surface area contributed by atoms with Gasteiger partial charge in [-0.15, -0.1) is 0 Å². The zero-order chi connectivity index (χ0) is 14.2. The Kier molecular flexibility index (Phi) is 3.36. The summed E-state index contributed by atoms with van der Waals surface area (Å²) < 4.78 is 0. The second-order valence-corrected chi connectivity index (χ2v) is 6.17. The van der Waals surface area contributed by atoms with Crippen molar-refractivity contribution in [2.24, 2.45) is 5.41 Å². The van der Waals surface area contributed by atoms with E-state index >= 15 is 0 Å². The van der Waals surface area contributed by atoms with Gasteiger partial charge >= 0.3 is 0 Å². The second kappa shape index (κ2) is 5.04. The van der Waals surface area contributed by atoms with Gasteiger partial charge in [-0.2, -0.15) is 5.10 Å². The fourth-order valence-electron chi connectivity index (χ4n) is 2.71. The number of aliphatic hydroxyl groups is 1. The normalized spacial score (nSPS) is 24.4. The molecular weight excluding hydrogens is 250 g/mol. The van der Waals surface area contributed by atoms with Crippen molar-refractivity contribution in [1.29, 1.82) is 0 Å². The predicted molar refractivity (Wildman–Crippen MR) is 79.1 cm³/mol. The summed E-state index contributed by atoms with van der Waals surface area (Å²) in [6, 6.07) is 10.8. The average Bonchev–Trinajstić information content (AvgIpc) is 2.98. The van der Waals surface area contributed by atoms with Gasteiger partial charge in [-0.3, -0.25) is 5.10 Å². The van der Waals surface area contributed by atoms with E-state index in [0.717, 1.165) is 24.2 Å². The van der Waals surface area contributed by atoms with Gasteiger partial charge in [0, 0.05) is 24.2 Å². The quantitative estimate of drug-likeness (QED) is 0.800. The van der Waals surface area contributed by atoms with E-state index in [1.807, 2.05) is 6.07 Å². The van der Waals surface area contributed by atoms with Crippen molar-refractivity contribution in [2.75, 3.05) is 0 Å². The fraction of sp³-hybridized carbons (Fsp3) is 0.438. The van der Waals surface area contributed by atoms with Crippen molar-refractivity contribution >= 4 is 0 Å². The van der Waals surface area contributed by atoms with Crippen LogP contribution in [-0.4, -0.2) is 27.4 Å². The Morgan fingerprint density at radius 3 is 2.60 bits per heavy atom. The van der Waals surface area contributed by atoms with Gasteiger partial charge in [0.05, 0.1) is 11.8 Å². The summed E-state index contributed by atoms with van der Waals surface area (Å²) in [5.41, 5.74) is 3.42. The van der Waals surface area contributed by atoms with E-state index in [-0.39, 0.29) is 11.5 Å². The van der Waals surface area contributed by atoms with Crippen LogP contribution in [0.3, 0.4) is 0 Å². The molecule has 0 spiro atoms. The van der Waals surface area contributed by atoms with E-state index in [0.29, 0.717) is 6.04 Å². The summed E-state index contributed by atoms with van der Waals surface area (Å²) >= 11 is 0. The van der Waals surface area contributed by atoms with Crippen LogP contribution in [0, 0.1) is 5.41 Å². The molecule has 4 heteroatoms. The van der Waals surface area contributed by atoms with Crippen LogP contribution in [0.2, 0.25) is 0 Å². The van der Waals surface area contributed by atoms with Gasteiger partial charge in [0.15, 0.2) is 0 Å². The van der Waals surface area contributed by atoms with Crippen LogP contribution in [0.25, 0.3) is 11.3 Å². The Morgan fingerprint density at radius 2 is 2.05 bits per heavy atom. The number of nitrogens with one attached hydrogen (secondary N) is 2. The molecule has 1 heterocycles. The lowest BCUT2D eigenvalue weighted by molar-refractivity contribution is -0.0729. The smallest absolute Gasteiger partial charge is 0.0650 e. The molecule has 1 aromatic carbocycles. The number of aliphatic hydroxyl groups excluding tert-OH is 1. The number of nitrogens with zero attached hydrogens (tertiary/aromatic N) is 1. The minimum Gasteiger partial charge on any atom is -0.392 e. The van der Waals surface area contributed by atoms with E-state index in [9.17, 15) is 5.11 Å². The van der Waals surface area contributed by atoms with Crippen LogP contribution in [0.1, 0.15) is 25.8 Å². The van der Waals surface area contributed by atoms with Gasteiger partial charge in [-0.1, -0.05) is 38.1 Å². The minimum absolute atomic E-state index is 0.0180. The number of H-pyrrole nitrogens is 1. The first-order valence-electron chi connectivity index (χ1n) is 7.07. The van der Waals surface area contributed by atoms with Crippen molar-refractivity contribution in [3.63, 3.8) is 0 Å². The number of rotatable bonds is 4. The molecule has 1 saturated carbocycles. The van der Waals surface area contributed by atoms with Crippen molar-refractivity contribution < 1.29 is 5.11 Å². The molecule has 2 unspecified atom stereocenters. The molecule has 3 rings (SSSR count). The van der Waals surface area contributed by atoms with E-state index in [2.05, 4.69) is 53.6 Å². The van der Waals surface area contributed by atoms with Crippen LogP contribution in [-0.2, 0) is 6.54 Å². The van der Waals surface area contributed by atoms with Crippen molar-refractivity contribution in [3.8, 4) is 11.3 Å². The molecule has 2 aromatic rings. The average molecular weight is 271 g/mol. The second-order valence-electron chi connectivity index (χ2n) is 6.17. The Balaban J connectivity index is 1.59. The highest BCUT2D eigenvalue weighted by molar-refractivity contribution is 5.58. The van der Waals surface area contributed by atoms with Crippen LogP contribution in [0.15, 0.2) is 36.5 Å². The highest BCUT2D eigenvalue weighted by atomic mass is 16.3. The molecular formula is C16H21N3O. The molecule has 1 fully saturated rings. The maximum absolute atomic E-state index is 9.74. The van der Waals surface area contributed by atoms with Gasteiger partial charge < -0.3 is 10.4 Å². The van der Waals surface area contributed by atoms with Crippen molar-refractivity contribution in [3.05, 3.63) is 42.1 Å². The third kappa shape index (κ3) is 2.37. The van der Waals surface area contributed by atoms with Crippen molar-refractivity contribution in [1.82, 2.24) is 15.5 Å². The third-order valence-corrected chi connectivity index (χ3v) is 4.53. The summed E-state index contributed by atoms with van der Waals surface area (Å²) in [4.78, 5) is 0. The largest absolute Gasteiger partial charge is 0.392 e. The standard InChI is InChI=1S/C16H21N3O/c1-16(2)14(9-15(16)20)17-10-11-3-5-12(6-4-11)13-7-8-18-19-13/h3-8,14-15,17,20H,9-10H2,1-2H3,(H,18,19). The fourth-order valence-corrected chi connectivity index (χ4v) is 2.71. The molecule has 0 radical (unpaired) electrons. The predicted octanol–water partition coefficient (Wildman–Crippen LogP) is 2.33. The first kappa shape index (κ1) is 13.3. The molecule has 4 nitrogen and oxygen atoms in total. The molecule has 3 N–H and O–H groups in total. The monoisotopic (exact) mass is 271 g/mol. The molecule has 1 aliphatic carbocycles. The maximum Gasteiger partial charge on any atom is 0.0650 e. The minimum atomic E-state index is -0.178. The zero-order valence-corrected chi connectivity index (χ0v) is 11.9. The first-order valence-corrected chi connectivity index (χ1v) is 7.07. The Labute approximate surface area is 119 Å². The molecule has 20 heavy (non-hydrogen) atoms. The number of hydrogen-bond acceptors (Lipinski definition) is 3. The number of aromatic amines is 1. The summed E-state index contributed by atoms with van der Waals surface area (Å²) in [7, 11) is 0. The molecule has 1 aliphatic rings. The summed E-state index contributed by atoms with van der Waals surface area (Å²) in [5, 5.41) is 20.2. The molecule has 1 aromatic heterocycles.